The highest BCUT2D eigenvalue weighted by Crippen LogP contribution is 2.24. The van der Waals surface area contributed by atoms with E-state index in [1.165, 1.54) is 0 Å². The van der Waals surface area contributed by atoms with E-state index >= 15 is 0 Å². The molecule has 0 spiro atoms. The van der Waals surface area contributed by atoms with Gasteiger partial charge in [-0.25, -0.2) is 8.42 Å². The Hall–Kier alpha value is -2.07. The van der Waals surface area contributed by atoms with E-state index in [1.54, 1.807) is 30.3 Å². The van der Waals surface area contributed by atoms with Crippen LogP contribution < -0.4 is 4.72 Å². The zero-order valence-electron chi connectivity index (χ0n) is 13.0. The fraction of sp³-hybridized carbons (Fsp3) is 0.222. The molecule has 0 aliphatic heterocycles. The Morgan fingerprint density at radius 1 is 1.09 bits per heavy atom. The van der Waals surface area contributed by atoms with Crippen LogP contribution in [0.3, 0.4) is 0 Å². The first-order valence-corrected chi connectivity index (χ1v) is 8.71. The fourth-order valence-corrected chi connectivity index (χ4v) is 3.39. The van der Waals surface area contributed by atoms with Crippen molar-refractivity contribution < 1.29 is 8.42 Å². The minimum atomic E-state index is -3.57. The normalized spacial score (nSPS) is 11.2. The molecule has 3 nitrogen and oxygen atoms in total. The van der Waals surface area contributed by atoms with Crippen LogP contribution >= 0.6 is 0 Å². The number of rotatable bonds is 6. The van der Waals surface area contributed by atoms with Crippen molar-refractivity contribution in [3.8, 4) is 0 Å². The third kappa shape index (κ3) is 3.77. The number of nitrogens with one attached hydrogen (secondary N) is 1. The van der Waals surface area contributed by atoms with E-state index in [2.05, 4.69) is 11.3 Å². The number of hydrogen-bond acceptors (Lipinski definition) is 2. The number of hydrogen-bond donors (Lipinski definition) is 1. The average Bonchev–Trinajstić information content (AvgIpc) is 2.47. The number of allylic oxidation sites excluding steroid dienone is 1. The van der Waals surface area contributed by atoms with Crippen molar-refractivity contribution in [3.05, 3.63) is 71.8 Å². The first kappa shape index (κ1) is 16.3. The molecule has 4 heteroatoms. The molecule has 1 N–H and O–H groups in total. The van der Waals surface area contributed by atoms with E-state index in [0.717, 1.165) is 29.5 Å². The summed E-state index contributed by atoms with van der Waals surface area (Å²) in [5.74, 6) is 0. The summed E-state index contributed by atoms with van der Waals surface area (Å²) in [4.78, 5) is 0.272. The maximum absolute atomic E-state index is 12.5. The van der Waals surface area contributed by atoms with Crippen LogP contribution in [0, 0.1) is 13.8 Å². The number of benzene rings is 2. The van der Waals surface area contributed by atoms with Gasteiger partial charge in [-0.15, -0.1) is 6.58 Å². The first-order chi connectivity index (χ1) is 10.4. The van der Waals surface area contributed by atoms with Gasteiger partial charge in [0.25, 0.3) is 10.0 Å². The quantitative estimate of drug-likeness (QED) is 0.811. The summed E-state index contributed by atoms with van der Waals surface area (Å²) in [6.45, 7) is 7.64. The molecule has 0 saturated heterocycles. The molecule has 0 aliphatic carbocycles. The van der Waals surface area contributed by atoms with Crippen molar-refractivity contribution in [3.63, 3.8) is 0 Å². The Morgan fingerprint density at radius 2 is 1.77 bits per heavy atom. The van der Waals surface area contributed by atoms with Crippen molar-refractivity contribution in [2.45, 2.75) is 31.6 Å². The van der Waals surface area contributed by atoms with Crippen LogP contribution in [-0.2, 0) is 16.4 Å². The van der Waals surface area contributed by atoms with E-state index in [4.69, 9.17) is 0 Å². The van der Waals surface area contributed by atoms with Gasteiger partial charge in [0.15, 0.2) is 0 Å². The highest BCUT2D eigenvalue weighted by Gasteiger charge is 2.16. The largest absolute Gasteiger partial charge is 0.279 e. The van der Waals surface area contributed by atoms with Crippen LogP contribution in [0.5, 0.6) is 0 Å². The molecule has 0 saturated carbocycles. The lowest BCUT2D eigenvalue weighted by Gasteiger charge is -2.14. The molecule has 0 fully saturated rings. The van der Waals surface area contributed by atoms with Crippen molar-refractivity contribution in [2.75, 3.05) is 4.72 Å². The van der Waals surface area contributed by atoms with Crippen LogP contribution in [0.2, 0.25) is 0 Å². The molecule has 116 valence electrons. The molecule has 0 atom stereocenters. The van der Waals surface area contributed by atoms with Gasteiger partial charge >= 0.3 is 0 Å². The van der Waals surface area contributed by atoms with Crippen molar-refractivity contribution in [1.29, 1.82) is 0 Å². The summed E-state index contributed by atoms with van der Waals surface area (Å²) in [5.41, 5.74) is 3.76. The molecule has 0 unspecified atom stereocenters. The maximum atomic E-state index is 12.5. The summed E-state index contributed by atoms with van der Waals surface area (Å²) >= 11 is 0. The first-order valence-electron chi connectivity index (χ1n) is 7.23. The minimum Gasteiger partial charge on any atom is -0.279 e. The topological polar surface area (TPSA) is 46.2 Å². The predicted octanol–water partition coefficient (Wildman–Crippen LogP) is 4.22. The van der Waals surface area contributed by atoms with Gasteiger partial charge in [0.1, 0.15) is 0 Å². The summed E-state index contributed by atoms with van der Waals surface area (Å²) in [5, 5.41) is 0. The molecule has 22 heavy (non-hydrogen) atoms. The van der Waals surface area contributed by atoms with Crippen LogP contribution in [0.4, 0.5) is 5.69 Å². The van der Waals surface area contributed by atoms with Gasteiger partial charge in [0.2, 0.25) is 0 Å². The highest BCUT2D eigenvalue weighted by molar-refractivity contribution is 7.92. The van der Waals surface area contributed by atoms with Crippen LogP contribution in [0.25, 0.3) is 0 Å². The van der Waals surface area contributed by atoms with Gasteiger partial charge in [0.05, 0.1) is 10.6 Å². The Balaban J connectivity index is 2.35. The van der Waals surface area contributed by atoms with Crippen molar-refractivity contribution >= 4 is 15.7 Å². The maximum Gasteiger partial charge on any atom is 0.261 e. The fourth-order valence-electron chi connectivity index (χ4n) is 2.30. The summed E-state index contributed by atoms with van der Waals surface area (Å²) in [6, 6.07) is 12.5. The van der Waals surface area contributed by atoms with Crippen molar-refractivity contribution in [1.82, 2.24) is 0 Å². The number of sulfonamides is 1. The molecule has 0 amide bonds. The lowest BCUT2D eigenvalue weighted by Crippen LogP contribution is -2.14. The Labute approximate surface area is 132 Å². The van der Waals surface area contributed by atoms with Gasteiger partial charge in [-0.2, -0.15) is 0 Å². The molecule has 0 bridgehead atoms. The molecular weight excluding hydrogens is 294 g/mol. The van der Waals surface area contributed by atoms with Crippen molar-refractivity contribution in [2.24, 2.45) is 0 Å². The Morgan fingerprint density at radius 3 is 2.41 bits per heavy atom. The third-order valence-corrected chi connectivity index (χ3v) is 4.97. The molecule has 2 rings (SSSR count). The Bertz CT molecular complexity index is 762. The summed E-state index contributed by atoms with van der Waals surface area (Å²) in [7, 11) is -3.57. The molecule has 0 heterocycles. The van der Waals surface area contributed by atoms with Crippen LogP contribution in [-0.4, -0.2) is 8.42 Å². The summed E-state index contributed by atoms with van der Waals surface area (Å²) < 4.78 is 27.7. The van der Waals surface area contributed by atoms with E-state index in [0.29, 0.717) is 5.69 Å². The zero-order valence-corrected chi connectivity index (χ0v) is 13.8. The van der Waals surface area contributed by atoms with Crippen LogP contribution in [0.1, 0.15) is 23.1 Å². The zero-order chi connectivity index (χ0) is 16.2. The number of anilines is 1. The second-order valence-electron chi connectivity index (χ2n) is 5.35. The van der Waals surface area contributed by atoms with Gasteiger partial charge in [0, 0.05) is 0 Å². The molecule has 0 radical (unpaired) electrons. The van der Waals surface area contributed by atoms with Gasteiger partial charge < -0.3 is 0 Å². The van der Waals surface area contributed by atoms with E-state index < -0.39 is 10.0 Å². The molecular formula is C18H21NO2S. The number of aryl methyl sites for hydroxylation is 2. The minimum absolute atomic E-state index is 0.272. The lowest BCUT2D eigenvalue weighted by atomic mass is 10.0. The highest BCUT2D eigenvalue weighted by atomic mass is 32.2. The van der Waals surface area contributed by atoms with Crippen LogP contribution in [0.15, 0.2) is 60.0 Å². The van der Waals surface area contributed by atoms with E-state index in [1.807, 2.05) is 32.1 Å². The third-order valence-electron chi connectivity index (χ3n) is 3.58. The SMILES string of the molecule is C=CCCc1c(C)cccc1NS(=O)(=O)c1ccc(C)cc1. The molecule has 2 aromatic rings. The van der Waals surface area contributed by atoms with E-state index in [-0.39, 0.29) is 4.90 Å². The molecule has 0 aromatic heterocycles. The van der Waals surface area contributed by atoms with E-state index in [9.17, 15) is 8.42 Å². The Kier molecular flexibility index (Phi) is 5.03. The molecule has 0 aliphatic rings. The lowest BCUT2D eigenvalue weighted by molar-refractivity contribution is 0.601. The second kappa shape index (κ2) is 6.79. The standard InChI is InChI=1S/C18H21NO2S/c1-4-5-8-17-15(3)7-6-9-18(17)19-22(20,21)16-12-10-14(2)11-13-16/h4,6-7,9-13,19H,1,5,8H2,2-3H3. The van der Waals surface area contributed by atoms with Gasteiger partial charge in [-0.3, -0.25) is 4.72 Å². The van der Waals surface area contributed by atoms with Gasteiger partial charge in [-0.1, -0.05) is 35.9 Å². The summed E-state index contributed by atoms with van der Waals surface area (Å²) in [6.07, 6.45) is 3.41. The second-order valence-corrected chi connectivity index (χ2v) is 7.03. The predicted molar refractivity (Wildman–Crippen MR) is 91.7 cm³/mol. The monoisotopic (exact) mass is 315 g/mol. The smallest absolute Gasteiger partial charge is 0.261 e. The average molecular weight is 315 g/mol. The molecule has 2 aromatic carbocycles. The van der Waals surface area contributed by atoms with Gasteiger partial charge in [-0.05, 0) is 56.0 Å².